The lowest BCUT2D eigenvalue weighted by molar-refractivity contribution is 0.0712. The fourth-order valence-corrected chi connectivity index (χ4v) is 3.10. The first kappa shape index (κ1) is 14.0. The van der Waals surface area contributed by atoms with Crippen LogP contribution in [0.2, 0.25) is 0 Å². The van der Waals surface area contributed by atoms with Crippen molar-refractivity contribution in [3.63, 3.8) is 0 Å². The zero-order valence-electron chi connectivity index (χ0n) is 11.6. The molecule has 1 saturated heterocycles. The summed E-state index contributed by atoms with van der Waals surface area (Å²) in [5.74, 6) is 2.45. The molecule has 1 rings (SSSR count). The summed E-state index contributed by atoms with van der Waals surface area (Å²) in [5, 5.41) is 0. The quantitative estimate of drug-likeness (QED) is 0.781. The lowest BCUT2D eigenvalue weighted by Crippen LogP contribution is -2.51. The Hall–Kier alpha value is -0.0800. The van der Waals surface area contributed by atoms with Gasteiger partial charge < -0.3 is 5.73 Å². The molecule has 1 aliphatic heterocycles. The summed E-state index contributed by atoms with van der Waals surface area (Å²) in [6, 6.07) is 0.628. The summed E-state index contributed by atoms with van der Waals surface area (Å²) < 4.78 is 0. The van der Waals surface area contributed by atoms with E-state index in [1.54, 1.807) is 0 Å². The summed E-state index contributed by atoms with van der Waals surface area (Å²) >= 11 is 0. The van der Waals surface area contributed by atoms with E-state index >= 15 is 0 Å². The second kappa shape index (κ2) is 6.61. The zero-order chi connectivity index (χ0) is 12.1. The minimum atomic E-state index is 0.628. The van der Waals surface area contributed by atoms with E-state index in [9.17, 15) is 0 Å². The number of hydrogen-bond acceptors (Lipinski definition) is 2. The zero-order valence-corrected chi connectivity index (χ0v) is 11.6. The first-order valence-corrected chi connectivity index (χ1v) is 6.98. The molecule has 16 heavy (non-hydrogen) atoms. The number of likely N-dealkylation sites (tertiary alicyclic amines) is 1. The number of hydrogen-bond donors (Lipinski definition) is 1. The van der Waals surface area contributed by atoms with Crippen molar-refractivity contribution in [3.05, 3.63) is 0 Å². The van der Waals surface area contributed by atoms with E-state index in [0.717, 1.165) is 24.3 Å². The van der Waals surface area contributed by atoms with Gasteiger partial charge in [0.1, 0.15) is 0 Å². The van der Waals surface area contributed by atoms with Crippen molar-refractivity contribution in [3.8, 4) is 0 Å². The maximum atomic E-state index is 5.92. The van der Waals surface area contributed by atoms with E-state index in [1.807, 2.05) is 0 Å². The van der Waals surface area contributed by atoms with E-state index in [0.29, 0.717) is 6.04 Å². The third-order valence-corrected chi connectivity index (χ3v) is 3.91. The van der Waals surface area contributed by atoms with E-state index in [-0.39, 0.29) is 0 Å². The van der Waals surface area contributed by atoms with Crippen LogP contribution in [0.1, 0.15) is 47.0 Å². The average molecular weight is 226 g/mol. The number of piperidine rings is 1. The van der Waals surface area contributed by atoms with Crippen LogP contribution in [-0.4, -0.2) is 30.6 Å². The van der Waals surface area contributed by atoms with Gasteiger partial charge in [0, 0.05) is 19.1 Å². The van der Waals surface area contributed by atoms with Crippen LogP contribution in [0.5, 0.6) is 0 Å². The first-order chi connectivity index (χ1) is 7.54. The molecule has 1 heterocycles. The van der Waals surface area contributed by atoms with Gasteiger partial charge in [0.25, 0.3) is 0 Å². The Morgan fingerprint density at radius 3 is 2.56 bits per heavy atom. The molecule has 2 nitrogen and oxygen atoms in total. The van der Waals surface area contributed by atoms with Crippen molar-refractivity contribution in [2.24, 2.45) is 23.5 Å². The second-order valence-corrected chi connectivity index (χ2v) is 6.15. The summed E-state index contributed by atoms with van der Waals surface area (Å²) in [6.07, 6.45) is 4.02. The lowest BCUT2D eigenvalue weighted by atomic mass is 9.85. The normalized spacial score (nSPS) is 32.2. The number of nitrogens with zero attached hydrogens (tertiary/aromatic N) is 1. The Labute approximate surface area is 102 Å². The van der Waals surface area contributed by atoms with E-state index < -0.39 is 0 Å². The van der Waals surface area contributed by atoms with Gasteiger partial charge in [-0.3, -0.25) is 4.90 Å². The molecular weight excluding hydrogens is 196 g/mol. The number of nitrogens with two attached hydrogens (primary N) is 1. The van der Waals surface area contributed by atoms with Gasteiger partial charge >= 0.3 is 0 Å². The van der Waals surface area contributed by atoms with Crippen molar-refractivity contribution in [1.29, 1.82) is 0 Å². The predicted octanol–water partition coefficient (Wildman–Crippen LogP) is 2.73. The SMILES string of the molecule is CC(C)CCCN1CC(C)CC(C)C1CN. The van der Waals surface area contributed by atoms with Crippen LogP contribution in [0.25, 0.3) is 0 Å². The van der Waals surface area contributed by atoms with Crippen LogP contribution in [0, 0.1) is 17.8 Å². The molecule has 2 N–H and O–H groups in total. The molecule has 2 heteroatoms. The molecule has 96 valence electrons. The number of rotatable bonds is 5. The lowest BCUT2D eigenvalue weighted by Gasteiger charge is -2.42. The Morgan fingerprint density at radius 1 is 1.31 bits per heavy atom. The van der Waals surface area contributed by atoms with Gasteiger partial charge in [-0.1, -0.05) is 27.7 Å². The van der Waals surface area contributed by atoms with Crippen molar-refractivity contribution >= 4 is 0 Å². The highest BCUT2D eigenvalue weighted by Crippen LogP contribution is 2.26. The highest BCUT2D eigenvalue weighted by atomic mass is 15.2. The van der Waals surface area contributed by atoms with Crippen molar-refractivity contribution in [1.82, 2.24) is 4.90 Å². The molecule has 3 unspecified atom stereocenters. The summed E-state index contributed by atoms with van der Waals surface area (Å²) in [6.45, 7) is 12.7. The van der Waals surface area contributed by atoms with Crippen LogP contribution in [-0.2, 0) is 0 Å². The first-order valence-electron chi connectivity index (χ1n) is 6.98. The standard InChI is InChI=1S/C14H30N2/c1-11(2)6-5-7-16-10-12(3)8-13(4)14(16)9-15/h11-14H,5-10,15H2,1-4H3. The average Bonchev–Trinajstić information content (AvgIpc) is 2.16. The van der Waals surface area contributed by atoms with E-state index in [4.69, 9.17) is 5.73 Å². The maximum absolute atomic E-state index is 5.92. The molecule has 0 spiro atoms. The van der Waals surface area contributed by atoms with Crippen molar-refractivity contribution in [2.75, 3.05) is 19.6 Å². The monoisotopic (exact) mass is 226 g/mol. The fourth-order valence-electron chi connectivity index (χ4n) is 3.10. The molecule has 3 atom stereocenters. The molecule has 0 amide bonds. The minimum Gasteiger partial charge on any atom is -0.329 e. The Morgan fingerprint density at radius 2 is 2.00 bits per heavy atom. The third-order valence-electron chi connectivity index (χ3n) is 3.91. The molecule has 1 aliphatic rings. The van der Waals surface area contributed by atoms with Crippen LogP contribution >= 0.6 is 0 Å². The van der Waals surface area contributed by atoms with Gasteiger partial charge in [-0.2, -0.15) is 0 Å². The van der Waals surface area contributed by atoms with Crippen LogP contribution < -0.4 is 5.73 Å². The molecule has 1 fully saturated rings. The van der Waals surface area contributed by atoms with Gasteiger partial charge in [-0.05, 0) is 43.6 Å². The van der Waals surface area contributed by atoms with Crippen LogP contribution in [0.4, 0.5) is 0 Å². The Kier molecular flexibility index (Phi) is 5.77. The molecule has 0 aliphatic carbocycles. The Bertz CT molecular complexity index is 191. The maximum Gasteiger partial charge on any atom is 0.0244 e. The highest BCUT2D eigenvalue weighted by Gasteiger charge is 2.30. The summed E-state index contributed by atoms with van der Waals surface area (Å²) in [5.41, 5.74) is 5.92. The van der Waals surface area contributed by atoms with E-state index in [2.05, 4.69) is 32.6 Å². The van der Waals surface area contributed by atoms with Crippen molar-refractivity contribution in [2.45, 2.75) is 53.0 Å². The Balaban J connectivity index is 2.41. The molecule has 0 aromatic carbocycles. The summed E-state index contributed by atoms with van der Waals surface area (Å²) in [4.78, 5) is 2.64. The van der Waals surface area contributed by atoms with Gasteiger partial charge in [-0.15, -0.1) is 0 Å². The highest BCUT2D eigenvalue weighted by molar-refractivity contribution is 4.85. The molecule has 0 radical (unpaired) electrons. The molecule has 0 aromatic heterocycles. The van der Waals surface area contributed by atoms with Gasteiger partial charge in [0.15, 0.2) is 0 Å². The smallest absolute Gasteiger partial charge is 0.0244 e. The summed E-state index contributed by atoms with van der Waals surface area (Å²) in [7, 11) is 0. The van der Waals surface area contributed by atoms with Crippen LogP contribution in [0.15, 0.2) is 0 Å². The van der Waals surface area contributed by atoms with Crippen LogP contribution in [0.3, 0.4) is 0 Å². The van der Waals surface area contributed by atoms with Gasteiger partial charge in [0.05, 0.1) is 0 Å². The molecule has 0 bridgehead atoms. The molecule has 0 saturated carbocycles. The van der Waals surface area contributed by atoms with Crippen molar-refractivity contribution < 1.29 is 0 Å². The van der Waals surface area contributed by atoms with Gasteiger partial charge in [0.2, 0.25) is 0 Å². The molecule has 0 aromatic rings. The largest absolute Gasteiger partial charge is 0.329 e. The van der Waals surface area contributed by atoms with Gasteiger partial charge in [-0.25, -0.2) is 0 Å². The van der Waals surface area contributed by atoms with E-state index in [1.165, 1.54) is 32.4 Å². The fraction of sp³-hybridized carbons (Fsp3) is 1.00. The third kappa shape index (κ3) is 4.06. The second-order valence-electron chi connectivity index (χ2n) is 6.15. The predicted molar refractivity (Wildman–Crippen MR) is 71.4 cm³/mol. The molecular formula is C14H30N2. The topological polar surface area (TPSA) is 29.3 Å². The minimum absolute atomic E-state index is 0.628.